The van der Waals surface area contributed by atoms with Crippen LogP contribution in [0.1, 0.15) is 18.9 Å². The number of nitrogens with two attached hydrogens (primary N) is 1. The van der Waals surface area contributed by atoms with Gasteiger partial charge in [0.05, 0.1) is 5.69 Å². The highest BCUT2D eigenvalue weighted by Crippen LogP contribution is 2.35. The van der Waals surface area contributed by atoms with Crippen LogP contribution in [0.25, 0.3) is 10.8 Å². The van der Waals surface area contributed by atoms with Crippen molar-refractivity contribution in [3.05, 3.63) is 24.4 Å². The third-order valence-electron chi connectivity index (χ3n) is 3.56. The minimum atomic E-state index is -0.592. The van der Waals surface area contributed by atoms with Crippen LogP contribution >= 0.6 is 0 Å². The van der Waals surface area contributed by atoms with Crippen molar-refractivity contribution in [1.82, 2.24) is 9.88 Å². The molecule has 1 aliphatic rings. The number of rotatable bonds is 2. The third kappa shape index (κ3) is 1.79. The third-order valence-corrected chi connectivity index (χ3v) is 3.56. The van der Waals surface area contributed by atoms with Gasteiger partial charge in [-0.05, 0) is 18.6 Å². The van der Waals surface area contributed by atoms with Gasteiger partial charge in [-0.25, -0.2) is 0 Å². The van der Waals surface area contributed by atoms with E-state index in [1.807, 2.05) is 0 Å². The Hall–Kier alpha value is -2.54. The first kappa shape index (κ1) is 12.5. The quantitative estimate of drug-likeness (QED) is 0.364. The summed E-state index contributed by atoms with van der Waals surface area (Å²) in [7, 11) is 0. The topological polar surface area (TPSA) is 109 Å². The van der Waals surface area contributed by atoms with E-state index in [0.29, 0.717) is 17.5 Å². The predicted octanol–water partition coefficient (Wildman–Crippen LogP) is 0.610. The summed E-state index contributed by atoms with van der Waals surface area (Å²) in [4.78, 5) is 23.1. The maximum absolute atomic E-state index is 11.9. The first-order valence-corrected chi connectivity index (χ1v) is 6.24. The second kappa shape index (κ2) is 4.53. The van der Waals surface area contributed by atoms with Crippen LogP contribution in [0.5, 0.6) is 5.88 Å². The van der Waals surface area contributed by atoms with Gasteiger partial charge in [-0.15, -0.1) is 0 Å². The van der Waals surface area contributed by atoms with Crippen LogP contribution in [-0.4, -0.2) is 21.5 Å². The van der Waals surface area contributed by atoms with E-state index in [9.17, 15) is 14.7 Å². The van der Waals surface area contributed by atoms with Crippen molar-refractivity contribution in [2.45, 2.75) is 18.9 Å². The molecule has 20 heavy (non-hydrogen) atoms. The lowest BCUT2D eigenvalue weighted by molar-refractivity contribution is -0.135. The number of nitrogen functional groups attached to an aromatic ring is 1. The van der Waals surface area contributed by atoms with E-state index in [1.54, 1.807) is 24.4 Å². The summed E-state index contributed by atoms with van der Waals surface area (Å²) in [5.74, 6) is 4.74. The molecule has 1 unspecified atom stereocenters. The maximum atomic E-state index is 11.9. The van der Waals surface area contributed by atoms with Crippen molar-refractivity contribution >= 4 is 28.3 Å². The fourth-order valence-corrected chi connectivity index (χ4v) is 2.55. The van der Waals surface area contributed by atoms with Crippen molar-refractivity contribution in [3.8, 4) is 5.88 Å². The molecule has 0 saturated carbocycles. The Bertz CT molecular complexity index is 707. The number of hydrogen-bond acceptors (Lipinski definition) is 5. The highest BCUT2D eigenvalue weighted by molar-refractivity contribution is 6.01. The average Bonchev–Trinajstić information content (AvgIpc) is 2.76. The maximum Gasteiger partial charge on any atom is 0.249 e. The number of nitrogens with zero attached hydrogens (tertiary/aromatic N) is 1. The van der Waals surface area contributed by atoms with Crippen molar-refractivity contribution in [2.75, 3.05) is 5.43 Å². The van der Waals surface area contributed by atoms with Crippen molar-refractivity contribution < 1.29 is 14.7 Å². The molecule has 0 bridgehead atoms. The van der Waals surface area contributed by atoms with Crippen molar-refractivity contribution in [3.63, 3.8) is 0 Å². The number of amides is 2. The number of fused-ring (bicyclic) bond motifs is 1. The molecule has 7 heteroatoms. The van der Waals surface area contributed by atoms with E-state index >= 15 is 0 Å². The number of aromatic hydroxyl groups is 1. The molecule has 0 radical (unpaired) electrons. The lowest BCUT2D eigenvalue weighted by Crippen LogP contribution is -2.41. The van der Waals surface area contributed by atoms with Gasteiger partial charge < -0.3 is 15.1 Å². The number of benzene rings is 1. The minimum Gasteiger partial charge on any atom is -0.494 e. The summed E-state index contributed by atoms with van der Waals surface area (Å²) in [6.45, 7) is 0. The van der Waals surface area contributed by atoms with Crippen molar-refractivity contribution in [2.24, 2.45) is 5.84 Å². The van der Waals surface area contributed by atoms with E-state index in [0.717, 1.165) is 5.39 Å². The Labute approximate surface area is 114 Å². The number of nitrogens with one attached hydrogen (secondary N) is 2. The Balaban J connectivity index is 2.10. The molecule has 3 rings (SSSR count). The summed E-state index contributed by atoms with van der Waals surface area (Å²) < 4.78 is 1.48. The number of aromatic nitrogens is 1. The second-order valence-electron chi connectivity index (χ2n) is 4.74. The van der Waals surface area contributed by atoms with Crippen LogP contribution in [0.4, 0.5) is 5.69 Å². The normalized spacial score (nSPS) is 19.1. The van der Waals surface area contributed by atoms with Crippen LogP contribution in [0.3, 0.4) is 0 Å². The number of imide groups is 1. The lowest BCUT2D eigenvalue weighted by atomic mass is 10.1. The monoisotopic (exact) mass is 274 g/mol. The summed E-state index contributed by atoms with van der Waals surface area (Å²) >= 11 is 0. The van der Waals surface area contributed by atoms with E-state index in [4.69, 9.17) is 5.84 Å². The average molecular weight is 274 g/mol. The first-order chi connectivity index (χ1) is 9.61. The van der Waals surface area contributed by atoms with Gasteiger partial charge in [0.1, 0.15) is 6.04 Å². The van der Waals surface area contributed by atoms with Gasteiger partial charge in [0.2, 0.25) is 11.8 Å². The molecule has 1 saturated heterocycles. The lowest BCUT2D eigenvalue weighted by Gasteiger charge is -2.22. The Kier molecular flexibility index (Phi) is 2.83. The highest BCUT2D eigenvalue weighted by Gasteiger charge is 2.30. The zero-order valence-electron chi connectivity index (χ0n) is 10.6. The number of piperidine rings is 1. The van der Waals surface area contributed by atoms with Crippen LogP contribution in [0.15, 0.2) is 24.4 Å². The van der Waals surface area contributed by atoms with Crippen LogP contribution in [0, 0.1) is 0 Å². The molecule has 2 aromatic rings. The predicted molar refractivity (Wildman–Crippen MR) is 72.8 cm³/mol. The number of hydrogen-bond donors (Lipinski definition) is 4. The summed E-state index contributed by atoms with van der Waals surface area (Å²) in [6, 6.07) is 4.68. The Morgan fingerprint density at radius 1 is 1.35 bits per heavy atom. The molecule has 7 nitrogen and oxygen atoms in total. The molecule has 0 spiro atoms. The molecule has 104 valence electrons. The standard InChI is InChI=1S/C13H14N4O3/c14-16-9-3-1-2-7-8(9)6-17(13(7)20)10-4-5-11(18)15-12(10)19/h1-3,6,10,16,20H,4-5,14H2,(H,15,18,19). The number of anilines is 1. The number of carbonyl (C=O) groups excluding carboxylic acids is 2. The molecule has 1 aromatic carbocycles. The molecule has 1 fully saturated rings. The summed E-state index contributed by atoms with van der Waals surface area (Å²) in [6.07, 6.45) is 2.29. The molecule has 1 atom stereocenters. The largest absolute Gasteiger partial charge is 0.494 e. The van der Waals surface area contributed by atoms with Crippen LogP contribution in [-0.2, 0) is 9.59 Å². The van der Waals surface area contributed by atoms with Gasteiger partial charge in [0.25, 0.3) is 0 Å². The molecular weight excluding hydrogens is 260 g/mol. The SMILES string of the molecule is NNc1cccc2c(O)n(C3CCC(=O)NC3=O)cc12. The number of carbonyl (C=O) groups is 2. The minimum absolute atomic E-state index is 0.00778. The van der Waals surface area contributed by atoms with Gasteiger partial charge in [-0.1, -0.05) is 6.07 Å². The van der Waals surface area contributed by atoms with E-state index < -0.39 is 11.9 Å². The zero-order valence-corrected chi connectivity index (χ0v) is 10.6. The molecule has 0 aliphatic carbocycles. The van der Waals surface area contributed by atoms with Crippen LogP contribution < -0.4 is 16.6 Å². The summed E-state index contributed by atoms with van der Waals surface area (Å²) in [5.41, 5.74) is 3.21. The van der Waals surface area contributed by atoms with Gasteiger partial charge >= 0.3 is 0 Å². The zero-order chi connectivity index (χ0) is 14.3. The molecule has 2 amide bonds. The number of hydrazine groups is 1. The van der Waals surface area contributed by atoms with E-state index in [1.165, 1.54) is 4.57 Å². The highest BCUT2D eigenvalue weighted by atomic mass is 16.3. The first-order valence-electron chi connectivity index (χ1n) is 6.24. The Morgan fingerprint density at radius 2 is 2.15 bits per heavy atom. The molecule has 5 N–H and O–H groups in total. The summed E-state index contributed by atoms with van der Waals surface area (Å²) in [5, 5.41) is 13.9. The van der Waals surface area contributed by atoms with Gasteiger partial charge in [0.15, 0.2) is 5.88 Å². The Morgan fingerprint density at radius 3 is 2.85 bits per heavy atom. The van der Waals surface area contributed by atoms with Crippen LogP contribution in [0.2, 0.25) is 0 Å². The fraction of sp³-hybridized carbons (Fsp3) is 0.231. The van der Waals surface area contributed by atoms with E-state index in [-0.39, 0.29) is 18.2 Å². The molecule has 1 aliphatic heterocycles. The smallest absolute Gasteiger partial charge is 0.249 e. The fourth-order valence-electron chi connectivity index (χ4n) is 2.55. The van der Waals surface area contributed by atoms with Gasteiger partial charge in [-0.3, -0.25) is 20.7 Å². The van der Waals surface area contributed by atoms with E-state index in [2.05, 4.69) is 10.7 Å². The molecule has 2 heterocycles. The molecular formula is C13H14N4O3. The van der Waals surface area contributed by atoms with Crippen molar-refractivity contribution in [1.29, 1.82) is 0 Å². The molecule has 1 aromatic heterocycles. The van der Waals surface area contributed by atoms with Gasteiger partial charge in [0, 0.05) is 23.4 Å². The van der Waals surface area contributed by atoms with Gasteiger partial charge in [-0.2, -0.15) is 0 Å². The second-order valence-corrected chi connectivity index (χ2v) is 4.74.